The van der Waals surface area contributed by atoms with Gasteiger partial charge in [-0.25, -0.2) is 4.68 Å². The highest BCUT2D eigenvalue weighted by Crippen LogP contribution is 2.20. The average molecular weight is 357 g/mol. The molecule has 3 aromatic heterocycles. The Bertz CT molecular complexity index is 1020. The number of rotatable bonds is 5. The summed E-state index contributed by atoms with van der Waals surface area (Å²) in [6, 6.07) is 3.88. The summed E-state index contributed by atoms with van der Waals surface area (Å²) >= 11 is 0. The molecule has 3 aromatic rings. The molecule has 0 aromatic carbocycles. The van der Waals surface area contributed by atoms with E-state index in [1.807, 2.05) is 6.92 Å². The van der Waals surface area contributed by atoms with Gasteiger partial charge in [-0.05, 0) is 32.9 Å². The van der Waals surface area contributed by atoms with Crippen molar-refractivity contribution >= 4 is 22.5 Å². The van der Waals surface area contributed by atoms with Crippen molar-refractivity contribution in [2.45, 2.75) is 39.3 Å². The van der Waals surface area contributed by atoms with Crippen LogP contribution in [0.2, 0.25) is 0 Å². The quantitative estimate of drug-likeness (QED) is 0.740. The minimum atomic E-state index is -0.298. The number of hydrogen-bond acceptors (Lipinski definition) is 5. The van der Waals surface area contributed by atoms with E-state index in [1.165, 1.54) is 11.1 Å². The molecule has 0 spiro atoms. The van der Waals surface area contributed by atoms with Gasteiger partial charge in [0.25, 0.3) is 5.56 Å². The number of nitrogens with one attached hydrogen (secondary N) is 1. The Balaban J connectivity index is 1.52. The highest BCUT2D eigenvalue weighted by molar-refractivity contribution is 5.82. The molecule has 4 heterocycles. The first-order valence-electron chi connectivity index (χ1n) is 9.05. The fraction of sp³-hybridized carbons (Fsp3) is 0.500. The lowest BCUT2D eigenvalue weighted by molar-refractivity contribution is -0.122. The largest absolute Gasteiger partial charge is 0.463 e. The molecule has 138 valence electrons. The number of furan rings is 1. The van der Waals surface area contributed by atoms with E-state index >= 15 is 0 Å². The van der Waals surface area contributed by atoms with Crippen LogP contribution in [-0.2, 0) is 11.3 Å². The van der Waals surface area contributed by atoms with Crippen LogP contribution in [0.5, 0.6) is 0 Å². The molecule has 0 bridgehead atoms. The van der Waals surface area contributed by atoms with E-state index in [1.54, 1.807) is 22.8 Å². The van der Waals surface area contributed by atoms with Crippen molar-refractivity contribution < 1.29 is 9.21 Å². The van der Waals surface area contributed by atoms with Gasteiger partial charge < -0.3 is 9.73 Å². The summed E-state index contributed by atoms with van der Waals surface area (Å²) in [7, 11) is 0. The summed E-state index contributed by atoms with van der Waals surface area (Å²) < 4.78 is 8.35. The van der Waals surface area contributed by atoms with Crippen LogP contribution < -0.4 is 10.9 Å². The number of likely N-dealkylation sites (N-methyl/N-ethyl adjacent to an activating group) is 1. The molecule has 8 heteroatoms. The Morgan fingerprint density at radius 1 is 1.42 bits per heavy atom. The summed E-state index contributed by atoms with van der Waals surface area (Å²) in [6.45, 7) is 6.55. The van der Waals surface area contributed by atoms with Crippen molar-refractivity contribution in [1.29, 1.82) is 0 Å². The third-order valence-electron chi connectivity index (χ3n) is 5.20. The van der Waals surface area contributed by atoms with E-state index < -0.39 is 0 Å². The van der Waals surface area contributed by atoms with Crippen LogP contribution in [0, 0.1) is 6.92 Å². The normalized spacial score (nSPS) is 18.2. The number of carbonyl (C=O) groups is 1. The van der Waals surface area contributed by atoms with Gasteiger partial charge >= 0.3 is 0 Å². The zero-order valence-corrected chi connectivity index (χ0v) is 15.1. The first kappa shape index (κ1) is 16.8. The third-order valence-corrected chi connectivity index (χ3v) is 5.20. The minimum absolute atomic E-state index is 0.0818. The first-order chi connectivity index (χ1) is 12.6. The highest BCUT2D eigenvalue weighted by Gasteiger charge is 2.23. The van der Waals surface area contributed by atoms with Crippen LogP contribution in [0.3, 0.4) is 0 Å². The molecule has 4 rings (SSSR count). The van der Waals surface area contributed by atoms with Gasteiger partial charge in [0.05, 0.1) is 11.8 Å². The number of hydrogen-bond donors (Lipinski definition) is 1. The van der Waals surface area contributed by atoms with Gasteiger partial charge in [0.15, 0.2) is 5.58 Å². The molecule has 1 N–H and O–H groups in total. The topological polar surface area (TPSA) is 84.8 Å². The Hall–Kier alpha value is -2.61. The standard InChI is InChI=1S/C18H23N5O3/c1-3-21-7-4-5-13(21)10-19-17(24)11-22-18(25)15-9-16-14(6-8-26-16)23(15)12(2)20-22/h6,8-9,13H,3-5,7,10-11H2,1-2H3,(H,19,24)/t13-/m0/s1. The second-order valence-corrected chi connectivity index (χ2v) is 6.77. The van der Waals surface area contributed by atoms with Crippen molar-refractivity contribution in [1.82, 2.24) is 24.4 Å². The number of nitrogens with zero attached hydrogens (tertiary/aromatic N) is 4. The Morgan fingerprint density at radius 2 is 2.27 bits per heavy atom. The van der Waals surface area contributed by atoms with E-state index in [-0.39, 0.29) is 18.0 Å². The van der Waals surface area contributed by atoms with E-state index in [4.69, 9.17) is 4.42 Å². The second kappa shape index (κ2) is 6.60. The lowest BCUT2D eigenvalue weighted by Crippen LogP contribution is -2.42. The number of likely N-dealkylation sites (tertiary alicyclic amines) is 1. The Morgan fingerprint density at radius 3 is 3.08 bits per heavy atom. The molecule has 1 fully saturated rings. The van der Waals surface area contributed by atoms with Crippen molar-refractivity contribution in [2.75, 3.05) is 19.6 Å². The predicted molar refractivity (Wildman–Crippen MR) is 97.2 cm³/mol. The second-order valence-electron chi connectivity index (χ2n) is 6.77. The molecule has 0 saturated carbocycles. The summed E-state index contributed by atoms with van der Waals surface area (Å²) in [6.07, 6.45) is 3.85. The summed E-state index contributed by atoms with van der Waals surface area (Å²) in [4.78, 5) is 27.4. The van der Waals surface area contributed by atoms with E-state index in [0.717, 1.165) is 25.0 Å². The van der Waals surface area contributed by atoms with Crippen LogP contribution in [-0.4, -0.2) is 50.7 Å². The maximum absolute atomic E-state index is 12.7. The van der Waals surface area contributed by atoms with E-state index in [0.29, 0.717) is 29.5 Å². The van der Waals surface area contributed by atoms with Gasteiger partial charge in [-0.2, -0.15) is 5.10 Å². The molecule has 1 aliphatic heterocycles. The SMILES string of the molecule is CCN1CCC[C@H]1CNC(=O)Cn1nc(C)n2c(cc3occc32)c1=O. The lowest BCUT2D eigenvalue weighted by Gasteiger charge is -2.22. The molecule has 26 heavy (non-hydrogen) atoms. The number of aryl methyl sites for hydroxylation is 1. The maximum Gasteiger partial charge on any atom is 0.291 e. The van der Waals surface area contributed by atoms with E-state index in [2.05, 4.69) is 22.2 Å². The molecule has 1 aliphatic rings. The number of amides is 1. The molecule has 0 unspecified atom stereocenters. The maximum atomic E-state index is 12.7. The molecule has 8 nitrogen and oxygen atoms in total. The molecular weight excluding hydrogens is 334 g/mol. The number of aromatic nitrogens is 3. The minimum Gasteiger partial charge on any atom is -0.463 e. The van der Waals surface area contributed by atoms with Crippen LogP contribution in [0.4, 0.5) is 0 Å². The highest BCUT2D eigenvalue weighted by atomic mass is 16.3. The summed E-state index contributed by atoms with van der Waals surface area (Å²) in [5.74, 6) is 0.443. The summed E-state index contributed by atoms with van der Waals surface area (Å²) in [5, 5.41) is 7.26. The van der Waals surface area contributed by atoms with Gasteiger partial charge in [-0.3, -0.25) is 18.9 Å². The average Bonchev–Trinajstić information content (AvgIpc) is 3.32. The van der Waals surface area contributed by atoms with Crippen LogP contribution in [0.15, 0.2) is 27.6 Å². The zero-order valence-electron chi connectivity index (χ0n) is 15.1. The predicted octanol–water partition coefficient (Wildman–Crippen LogP) is 1.15. The summed E-state index contributed by atoms with van der Waals surface area (Å²) in [5.41, 5.74) is 1.61. The zero-order chi connectivity index (χ0) is 18.3. The monoisotopic (exact) mass is 357 g/mol. The van der Waals surface area contributed by atoms with Gasteiger partial charge in [0.1, 0.15) is 17.9 Å². The van der Waals surface area contributed by atoms with Crippen LogP contribution >= 0.6 is 0 Å². The lowest BCUT2D eigenvalue weighted by atomic mass is 10.2. The molecule has 1 saturated heterocycles. The van der Waals surface area contributed by atoms with Gasteiger partial charge in [-0.1, -0.05) is 6.92 Å². The Kier molecular flexibility index (Phi) is 4.28. The fourth-order valence-corrected chi connectivity index (χ4v) is 3.90. The van der Waals surface area contributed by atoms with Crippen LogP contribution in [0.1, 0.15) is 25.6 Å². The van der Waals surface area contributed by atoms with Gasteiger partial charge in [0.2, 0.25) is 5.91 Å². The molecular formula is C18H23N5O3. The molecule has 0 radical (unpaired) electrons. The first-order valence-corrected chi connectivity index (χ1v) is 9.05. The molecule has 1 atom stereocenters. The third kappa shape index (κ3) is 2.80. The molecule has 1 amide bonds. The fourth-order valence-electron chi connectivity index (χ4n) is 3.90. The number of fused-ring (bicyclic) bond motifs is 3. The van der Waals surface area contributed by atoms with Crippen molar-refractivity contribution in [2.24, 2.45) is 0 Å². The Labute approximate surface area is 150 Å². The van der Waals surface area contributed by atoms with Crippen molar-refractivity contribution in [3.63, 3.8) is 0 Å². The van der Waals surface area contributed by atoms with Crippen LogP contribution in [0.25, 0.3) is 16.6 Å². The van der Waals surface area contributed by atoms with Crippen molar-refractivity contribution in [3.8, 4) is 0 Å². The number of carbonyl (C=O) groups excluding carboxylic acids is 1. The molecule has 0 aliphatic carbocycles. The smallest absolute Gasteiger partial charge is 0.291 e. The van der Waals surface area contributed by atoms with Gasteiger partial charge in [0, 0.05) is 24.7 Å². The van der Waals surface area contributed by atoms with Crippen molar-refractivity contribution in [3.05, 3.63) is 34.6 Å². The van der Waals surface area contributed by atoms with E-state index in [9.17, 15) is 9.59 Å². The van der Waals surface area contributed by atoms with Gasteiger partial charge in [-0.15, -0.1) is 0 Å².